The molecule has 2 aromatic carbocycles. The molecule has 0 unspecified atom stereocenters. The zero-order valence-corrected chi connectivity index (χ0v) is 15.7. The van der Waals surface area contributed by atoms with Gasteiger partial charge in [-0.25, -0.2) is 0 Å². The first-order chi connectivity index (χ1) is 13.2. The van der Waals surface area contributed by atoms with Gasteiger partial charge in [0.25, 0.3) is 0 Å². The van der Waals surface area contributed by atoms with E-state index in [1.165, 1.54) is 11.8 Å². The van der Waals surface area contributed by atoms with Crippen LogP contribution in [0.4, 0.5) is 0 Å². The van der Waals surface area contributed by atoms with Crippen LogP contribution in [-0.2, 0) is 0 Å². The maximum absolute atomic E-state index is 12.6. The SMILES string of the molecule is O=C(CSc1nnnn1-c1ccc(Cl)cc1)c1ccc2c(c1)OCCCO2. The number of halogens is 1. The summed E-state index contributed by atoms with van der Waals surface area (Å²) >= 11 is 7.18. The molecule has 0 spiro atoms. The third-order valence-electron chi connectivity index (χ3n) is 3.91. The van der Waals surface area contributed by atoms with E-state index in [1.54, 1.807) is 35.0 Å². The largest absolute Gasteiger partial charge is 0.490 e. The summed E-state index contributed by atoms with van der Waals surface area (Å²) in [7, 11) is 0. The van der Waals surface area contributed by atoms with Crippen LogP contribution in [0.25, 0.3) is 5.69 Å². The van der Waals surface area contributed by atoms with E-state index in [4.69, 9.17) is 21.1 Å². The number of benzene rings is 2. The van der Waals surface area contributed by atoms with Crippen LogP contribution < -0.4 is 9.47 Å². The average molecular weight is 403 g/mol. The molecule has 3 aromatic rings. The van der Waals surface area contributed by atoms with E-state index in [1.807, 2.05) is 12.1 Å². The van der Waals surface area contributed by atoms with Gasteiger partial charge >= 0.3 is 0 Å². The van der Waals surface area contributed by atoms with Gasteiger partial charge in [-0.2, -0.15) is 4.68 Å². The molecule has 0 radical (unpaired) electrons. The molecule has 0 N–H and O–H groups in total. The van der Waals surface area contributed by atoms with Crippen molar-refractivity contribution >= 4 is 29.1 Å². The lowest BCUT2D eigenvalue weighted by Gasteiger charge is -2.09. The minimum Gasteiger partial charge on any atom is -0.490 e. The standard InChI is InChI=1S/C18H15ClN4O3S/c19-13-3-5-14(6-4-13)23-18(20-21-22-23)27-11-15(24)12-2-7-16-17(10-12)26-9-1-8-25-16/h2-7,10H,1,8-9,11H2. The predicted molar refractivity (Wildman–Crippen MR) is 101 cm³/mol. The fraction of sp³-hybridized carbons (Fsp3) is 0.222. The molecule has 0 saturated carbocycles. The summed E-state index contributed by atoms with van der Waals surface area (Å²) in [4.78, 5) is 12.6. The van der Waals surface area contributed by atoms with Crippen molar-refractivity contribution in [3.05, 3.63) is 53.1 Å². The van der Waals surface area contributed by atoms with Crippen molar-refractivity contribution in [2.24, 2.45) is 0 Å². The van der Waals surface area contributed by atoms with Gasteiger partial charge in [-0.1, -0.05) is 23.4 Å². The minimum atomic E-state index is -0.0405. The molecule has 1 aromatic heterocycles. The number of ether oxygens (including phenoxy) is 2. The minimum absolute atomic E-state index is 0.0405. The fourth-order valence-corrected chi connectivity index (χ4v) is 3.47. The number of carbonyl (C=O) groups excluding carboxylic acids is 1. The Bertz CT molecular complexity index is 961. The van der Waals surface area contributed by atoms with E-state index in [9.17, 15) is 4.79 Å². The molecule has 0 saturated heterocycles. The first-order valence-electron chi connectivity index (χ1n) is 8.31. The number of Topliss-reactive ketones (excluding diaryl/α,β-unsaturated/α-hetero) is 1. The number of hydrogen-bond donors (Lipinski definition) is 0. The van der Waals surface area contributed by atoms with Gasteiger partial charge in [-0.15, -0.1) is 5.10 Å². The number of carbonyl (C=O) groups is 1. The van der Waals surface area contributed by atoms with Crippen LogP contribution in [0, 0.1) is 0 Å². The summed E-state index contributed by atoms with van der Waals surface area (Å²) in [6, 6.07) is 12.4. The Balaban J connectivity index is 1.47. The molecule has 0 amide bonds. The van der Waals surface area contributed by atoms with Crippen molar-refractivity contribution < 1.29 is 14.3 Å². The highest BCUT2D eigenvalue weighted by atomic mass is 35.5. The van der Waals surface area contributed by atoms with Crippen LogP contribution >= 0.6 is 23.4 Å². The second kappa shape index (κ2) is 7.98. The number of rotatable bonds is 5. The average Bonchev–Trinajstić information content (AvgIpc) is 3.03. The Kier molecular flexibility index (Phi) is 5.26. The first-order valence-corrected chi connectivity index (χ1v) is 9.67. The number of fused-ring (bicyclic) bond motifs is 1. The Morgan fingerprint density at radius 3 is 2.70 bits per heavy atom. The van der Waals surface area contributed by atoms with Crippen LogP contribution in [0.1, 0.15) is 16.8 Å². The van der Waals surface area contributed by atoms with Gasteiger partial charge in [-0.05, 0) is 52.9 Å². The fourth-order valence-electron chi connectivity index (χ4n) is 2.56. The van der Waals surface area contributed by atoms with Crippen molar-refractivity contribution in [2.45, 2.75) is 11.6 Å². The van der Waals surface area contributed by atoms with Crippen molar-refractivity contribution in [2.75, 3.05) is 19.0 Å². The highest BCUT2D eigenvalue weighted by Crippen LogP contribution is 2.31. The van der Waals surface area contributed by atoms with Crippen LogP contribution in [0.5, 0.6) is 11.5 Å². The summed E-state index contributed by atoms with van der Waals surface area (Å²) < 4.78 is 12.8. The lowest BCUT2D eigenvalue weighted by molar-refractivity contribution is 0.102. The molecule has 1 aliphatic heterocycles. The van der Waals surface area contributed by atoms with Crippen molar-refractivity contribution in [3.63, 3.8) is 0 Å². The van der Waals surface area contributed by atoms with E-state index < -0.39 is 0 Å². The summed E-state index contributed by atoms with van der Waals surface area (Å²) in [6.07, 6.45) is 0.821. The number of nitrogens with zero attached hydrogens (tertiary/aromatic N) is 4. The lowest BCUT2D eigenvalue weighted by atomic mass is 10.1. The summed E-state index contributed by atoms with van der Waals surface area (Å²) in [5.74, 6) is 1.44. The molecule has 0 aliphatic carbocycles. The lowest BCUT2D eigenvalue weighted by Crippen LogP contribution is -2.05. The molecule has 2 heterocycles. The first kappa shape index (κ1) is 17.8. The molecule has 0 atom stereocenters. The molecule has 4 rings (SSSR count). The number of ketones is 1. The van der Waals surface area contributed by atoms with E-state index in [0.717, 1.165) is 12.1 Å². The molecule has 27 heavy (non-hydrogen) atoms. The monoisotopic (exact) mass is 402 g/mol. The summed E-state index contributed by atoms with van der Waals surface area (Å²) in [6.45, 7) is 1.19. The molecule has 7 nitrogen and oxygen atoms in total. The van der Waals surface area contributed by atoms with E-state index in [-0.39, 0.29) is 11.5 Å². The second-order valence-corrected chi connectivity index (χ2v) is 7.15. The Hall–Kier alpha value is -2.58. The zero-order chi connectivity index (χ0) is 18.6. The van der Waals surface area contributed by atoms with Crippen LogP contribution in [0.3, 0.4) is 0 Å². The van der Waals surface area contributed by atoms with Crippen LogP contribution in [0.2, 0.25) is 5.02 Å². The molecule has 0 fully saturated rings. The number of tetrazole rings is 1. The van der Waals surface area contributed by atoms with E-state index >= 15 is 0 Å². The molecular formula is C18H15ClN4O3S. The maximum Gasteiger partial charge on any atom is 0.214 e. The third-order valence-corrected chi connectivity index (χ3v) is 5.09. The molecule has 9 heteroatoms. The van der Waals surface area contributed by atoms with Gasteiger partial charge in [0, 0.05) is 17.0 Å². The Morgan fingerprint density at radius 1 is 1.11 bits per heavy atom. The van der Waals surface area contributed by atoms with Gasteiger partial charge in [0.05, 0.1) is 24.7 Å². The van der Waals surface area contributed by atoms with Gasteiger partial charge in [0.2, 0.25) is 5.16 Å². The Labute approximate surface area is 164 Å². The van der Waals surface area contributed by atoms with Gasteiger partial charge in [-0.3, -0.25) is 4.79 Å². The molecule has 0 bridgehead atoms. The summed E-state index contributed by atoms with van der Waals surface area (Å²) in [5, 5.41) is 12.8. The highest BCUT2D eigenvalue weighted by molar-refractivity contribution is 7.99. The molecular weight excluding hydrogens is 388 g/mol. The van der Waals surface area contributed by atoms with E-state index in [0.29, 0.717) is 40.5 Å². The Morgan fingerprint density at radius 2 is 1.89 bits per heavy atom. The number of thioether (sulfide) groups is 1. The normalized spacial score (nSPS) is 13.2. The number of hydrogen-bond acceptors (Lipinski definition) is 7. The zero-order valence-electron chi connectivity index (χ0n) is 14.2. The van der Waals surface area contributed by atoms with Crippen molar-refractivity contribution in [1.82, 2.24) is 20.2 Å². The summed E-state index contributed by atoms with van der Waals surface area (Å²) in [5.41, 5.74) is 1.34. The second-order valence-electron chi connectivity index (χ2n) is 5.77. The third kappa shape index (κ3) is 4.06. The maximum atomic E-state index is 12.6. The van der Waals surface area contributed by atoms with Crippen LogP contribution in [0.15, 0.2) is 47.6 Å². The smallest absolute Gasteiger partial charge is 0.214 e. The van der Waals surface area contributed by atoms with Gasteiger partial charge in [0.1, 0.15) is 0 Å². The molecule has 1 aliphatic rings. The van der Waals surface area contributed by atoms with Gasteiger partial charge < -0.3 is 9.47 Å². The van der Waals surface area contributed by atoms with Gasteiger partial charge in [0.15, 0.2) is 17.3 Å². The van der Waals surface area contributed by atoms with E-state index in [2.05, 4.69) is 15.5 Å². The molecule has 138 valence electrons. The highest BCUT2D eigenvalue weighted by Gasteiger charge is 2.16. The topological polar surface area (TPSA) is 79.1 Å². The van der Waals surface area contributed by atoms with Crippen molar-refractivity contribution in [3.8, 4) is 17.2 Å². The van der Waals surface area contributed by atoms with Crippen molar-refractivity contribution in [1.29, 1.82) is 0 Å². The quantitative estimate of drug-likeness (QED) is 0.477. The predicted octanol–water partition coefficient (Wildman–Crippen LogP) is 3.45. The van der Waals surface area contributed by atoms with Crippen LogP contribution in [-0.4, -0.2) is 45.0 Å². The number of aromatic nitrogens is 4.